The lowest BCUT2D eigenvalue weighted by Gasteiger charge is -2.26. The summed E-state index contributed by atoms with van der Waals surface area (Å²) in [5.74, 6) is -0.865. The zero-order valence-corrected chi connectivity index (χ0v) is 18.7. The Labute approximate surface area is 176 Å². The van der Waals surface area contributed by atoms with Crippen molar-refractivity contribution in [2.75, 3.05) is 51.7 Å². The van der Waals surface area contributed by atoms with E-state index in [2.05, 4.69) is 5.32 Å². The van der Waals surface area contributed by atoms with Crippen LogP contribution >= 0.6 is 0 Å². The van der Waals surface area contributed by atoms with Crippen LogP contribution in [0.5, 0.6) is 0 Å². The molecule has 1 fully saturated rings. The zero-order valence-electron chi connectivity index (χ0n) is 17.1. The monoisotopic (exact) mass is 464 g/mol. The fourth-order valence-corrected chi connectivity index (χ4v) is 5.78. The highest BCUT2D eigenvalue weighted by Crippen LogP contribution is 2.13. The first-order valence-electron chi connectivity index (χ1n) is 9.64. The van der Waals surface area contributed by atoms with Crippen molar-refractivity contribution in [2.24, 2.45) is 0 Å². The number of nitrogens with one attached hydrogen (secondary N) is 1. The Balaban J connectivity index is 2.00. The summed E-state index contributed by atoms with van der Waals surface area (Å²) in [5, 5.41) is 2.46. The highest BCUT2D eigenvalue weighted by atomic mass is 32.2. The molecule has 0 atom stereocenters. The van der Waals surface area contributed by atoms with E-state index in [0.717, 1.165) is 16.8 Å². The third-order valence-corrected chi connectivity index (χ3v) is 8.56. The van der Waals surface area contributed by atoms with E-state index in [1.807, 2.05) is 0 Å². The van der Waals surface area contributed by atoms with Gasteiger partial charge in [-0.05, 0) is 6.07 Å². The second kappa shape index (κ2) is 10.5. The molecule has 170 valence electrons. The number of rotatable bonds is 10. The van der Waals surface area contributed by atoms with Crippen LogP contribution in [0.3, 0.4) is 0 Å². The molecule has 1 aliphatic heterocycles. The van der Waals surface area contributed by atoms with Crippen molar-refractivity contribution < 1.29 is 26.4 Å². The van der Waals surface area contributed by atoms with Gasteiger partial charge < -0.3 is 14.6 Å². The lowest BCUT2D eigenvalue weighted by Crippen LogP contribution is -2.44. The van der Waals surface area contributed by atoms with Crippen molar-refractivity contribution >= 4 is 26.0 Å². The van der Waals surface area contributed by atoms with E-state index in [0.29, 0.717) is 13.2 Å². The van der Waals surface area contributed by atoms with Crippen LogP contribution in [0, 0.1) is 0 Å². The molecule has 0 spiro atoms. The minimum atomic E-state index is -3.78. The van der Waals surface area contributed by atoms with E-state index in [1.54, 1.807) is 13.8 Å². The first-order chi connectivity index (χ1) is 14.1. The van der Waals surface area contributed by atoms with Crippen LogP contribution < -0.4 is 10.9 Å². The molecule has 1 aromatic rings. The molecule has 1 amide bonds. The molecule has 1 N–H and O–H groups in total. The number of carbonyl (C=O) groups is 1. The minimum Gasteiger partial charge on any atom is -0.379 e. The summed E-state index contributed by atoms with van der Waals surface area (Å²) in [6, 6.07) is 2.30. The normalized spacial score (nSPS) is 16.0. The first kappa shape index (κ1) is 24.5. The summed E-state index contributed by atoms with van der Waals surface area (Å²) in [4.78, 5) is 24.1. The van der Waals surface area contributed by atoms with Crippen molar-refractivity contribution in [2.45, 2.75) is 25.3 Å². The molecule has 0 aromatic carbocycles. The molecular weight excluding hydrogens is 436 g/mol. The van der Waals surface area contributed by atoms with Crippen LogP contribution in [0.1, 0.15) is 13.8 Å². The lowest BCUT2D eigenvalue weighted by atomic mass is 10.4. The summed E-state index contributed by atoms with van der Waals surface area (Å²) >= 11 is 0. The van der Waals surface area contributed by atoms with E-state index in [4.69, 9.17) is 4.74 Å². The van der Waals surface area contributed by atoms with Crippen molar-refractivity contribution in [1.82, 2.24) is 18.5 Å². The molecule has 1 aromatic heterocycles. The van der Waals surface area contributed by atoms with E-state index in [1.165, 1.54) is 14.7 Å². The van der Waals surface area contributed by atoms with Crippen molar-refractivity contribution in [3.05, 3.63) is 28.7 Å². The Morgan fingerprint density at radius 2 is 1.77 bits per heavy atom. The van der Waals surface area contributed by atoms with Crippen LogP contribution in [0.2, 0.25) is 0 Å². The number of morpholine rings is 1. The Morgan fingerprint density at radius 3 is 2.37 bits per heavy atom. The fourth-order valence-electron chi connectivity index (χ4n) is 2.98. The van der Waals surface area contributed by atoms with E-state index in [9.17, 15) is 26.4 Å². The van der Waals surface area contributed by atoms with Gasteiger partial charge in [0.05, 0.1) is 23.9 Å². The average molecular weight is 465 g/mol. The smallest absolute Gasteiger partial charge is 0.251 e. The van der Waals surface area contributed by atoms with E-state index in [-0.39, 0.29) is 43.4 Å². The maximum absolute atomic E-state index is 12.6. The molecule has 13 heteroatoms. The molecule has 0 radical (unpaired) electrons. The van der Waals surface area contributed by atoms with Gasteiger partial charge >= 0.3 is 0 Å². The SMILES string of the molecule is CCN(CC)S(=O)(=O)c1ccc(=O)n(CC(=O)NCCS(=O)(=O)N2CCOCC2)c1. The van der Waals surface area contributed by atoms with Crippen LogP contribution in [-0.4, -0.2) is 87.6 Å². The number of hydrogen-bond acceptors (Lipinski definition) is 7. The first-order valence-corrected chi connectivity index (χ1v) is 12.7. The van der Waals surface area contributed by atoms with E-state index >= 15 is 0 Å². The standard InChI is InChI=1S/C17H28N4O7S2/c1-3-20(4-2)30(26,27)15-5-6-17(23)19(13-15)14-16(22)18-7-12-29(24,25)21-8-10-28-11-9-21/h5-6,13H,3-4,7-12,14H2,1-2H3,(H,18,22). The van der Waals surface area contributed by atoms with Gasteiger partial charge in [-0.25, -0.2) is 16.8 Å². The maximum Gasteiger partial charge on any atom is 0.251 e. The third-order valence-electron chi connectivity index (χ3n) is 4.66. The molecule has 0 unspecified atom stereocenters. The topological polar surface area (TPSA) is 135 Å². The number of nitrogens with zero attached hydrogens (tertiary/aromatic N) is 3. The van der Waals surface area contributed by atoms with Crippen molar-refractivity contribution in [1.29, 1.82) is 0 Å². The predicted molar refractivity (Wildman–Crippen MR) is 110 cm³/mol. The molecule has 1 aliphatic rings. The minimum absolute atomic E-state index is 0.0894. The number of sulfonamides is 2. The van der Waals surface area contributed by atoms with Crippen molar-refractivity contribution in [3.8, 4) is 0 Å². The second-order valence-electron chi connectivity index (χ2n) is 6.60. The Hall–Kier alpha value is -1.80. The number of hydrogen-bond donors (Lipinski definition) is 1. The second-order valence-corrected chi connectivity index (χ2v) is 10.6. The lowest BCUT2D eigenvalue weighted by molar-refractivity contribution is -0.121. The number of amides is 1. The fraction of sp³-hybridized carbons (Fsp3) is 0.647. The number of ether oxygens (including phenoxy) is 1. The Morgan fingerprint density at radius 1 is 1.13 bits per heavy atom. The number of aromatic nitrogens is 1. The summed E-state index contributed by atoms with van der Waals surface area (Å²) in [5.41, 5.74) is -0.537. The maximum atomic E-state index is 12.6. The molecule has 11 nitrogen and oxygen atoms in total. The summed E-state index contributed by atoms with van der Waals surface area (Å²) < 4.78 is 58.4. The quantitative estimate of drug-likeness (QED) is 0.453. The van der Waals surface area contributed by atoms with Crippen LogP contribution in [0.25, 0.3) is 0 Å². The van der Waals surface area contributed by atoms with Gasteiger partial charge in [0.2, 0.25) is 26.0 Å². The molecule has 0 bridgehead atoms. The van der Waals surface area contributed by atoms with Crippen LogP contribution in [0.4, 0.5) is 0 Å². The number of pyridine rings is 1. The third kappa shape index (κ3) is 6.11. The van der Waals surface area contributed by atoms with Gasteiger partial charge in [-0.3, -0.25) is 9.59 Å². The Kier molecular flexibility index (Phi) is 8.55. The summed E-state index contributed by atoms with van der Waals surface area (Å²) in [6.07, 6.45) is 1.13. The molecule has 2 heterocycles. The largest absolute Gasteiger partial charge is 0.379 e. The molecule has 30 heavy (non-hydrogen) atoms. The molecule has 0 saturated carbocycles. The van der Waals surface area contributed by atoms with Gasteiger partial charge in [-0.2, -0.15) is 8.61 Å². The van der Waals surface area contributed by atoms with Crippen LogP contribution in [-0.2, 0) is 36.1 Å². The molecular formula is C17H28N4O7S2. The van der Waals surface area contributed by atoms with Crippen LogP contribution in [0.15, 0.2) is 28.0 Å². The van der Waals surface area contributed by atoms with Gasteiger partial charge in [0.15, 0.2) is 0 Å². The van der Waals surface area contributed by atoms with Crippen molar-refractivity contribution in [3.63, 3.8) is 0 Å². The van der Waals surface area contributed by atoms with Gasteiger partial charge in [-0.1, -0.05) is 13.8 Å². The van der Waals surface area contributed by atoms with Gasteiger partial charge in [-0.15, -0.1) is 0 Å². The molecule has 0 aliphatic carbocycles. The van der Waals surface area contributed by atoms with Gasteiger partial charge in [0.1, 0.15) is 6.54 Å². The van der Waals surface area contributed by atoms with Gasteiger partial charge in [0.25, 0.3) is 5.56 Å². The zero-order chi connectivity index (χ0) is 22.4. The predicted octanol–water partition coefficient (Wildman–Crippen LogP) is -1.34. The van der Waals surface area contributed by atoms with E-state index < -0.39 is 38.1 Å². The molecule has 2 rings (SSSR count). The summed E-state index contributed by atoms with van der Waals surface area (Å²) in [6.45, 7) is 4.64. The Bertz CT molecular complexity index is 995. The van der Waals surface area contributed by atoms with Gasteiger partial charge in [0, 0.05) is 45.0 Å². The average Bonchev–Trinajstić information content (AvgIpc) is 2.70. The molecule has 1 saturated heterocycles. The summed E-state index contributed by atoms with van der Waals surface area (Å²) in [7, 11) is -7.29. The highest BCUT2D eigenvalue weighted by molar-refractivity contribution is 7.89. The highest BCUT2D eigenvalue weighted by Gasteiger charge is 2.25. The number of carbonyl (C=O) groups excluding carboxylic acids is 1.